The maximum Gasteiger partial charge on any atom is 0.119 e. The standard InChI is InChI=1S/C14H15N.C11H18FN3S.C2H7N.C2H4/c15-11-14-8-6-13(7-9-14)10-12-4-2-1-3-5-12;1-9(15-7-6-10(12)8-15)4-5-11(16-3)14-13-2;1-3-2;1-2/h1-9H,10-11,15H2;10H,1-2,4-8H2,3H3;3H,1-2H3;1-2H2/b;14-11-;;. The van der Waals surface area contributed by atoms with Gasteiger partial charge in [-0.15, -0.1) is 30.0 Å². The van der Waals surface area contributed by atoms with Gasteiger partial charge in [-0.25, -0.2) is 4.39 Å². The van der Waals surface area contributed by atoms with E-state index in [-0.39, 0.29) is 0 Å². The Morgan fingerprint density at radius 1 is 1.06 bits per heavy atom. The van der Waals surface area contributed by atoms with E-state index >= 15 is 0 Å². The molecule has 3 rings (SSSR count). The molecule has 3 N–H and O–H groups in total. The predicted molar refractivity (Wildman–Crippen MR) is 160 cm³/mol. The molecule has 1 fully saturated rings. The summed E-state index contributed by atoms with van der Waals surface area (Å²) in [4.78, 5) is 2.02. The molecule has 2 aromatic carbocycles. The second kappa shape index (κ2) is 21.5. The van der Waals surface area contributed by atoms with Crippen molar-refractivity contribution in [2.45, 2.75) is 38.4 Å². The molecule has 1 atom stereocenters. The molecule has 0 radical (unpaired) electrons. The van der Waals surface area contributed by atoms with Crippen molar-refractivity contribution in [2.24, 2.45) is 15.9 Å². The molecule has 198 valence electrons. The highest BCUT2D eigenvalue weighted by molar-refractivity contribution is 8.13. The third-order valence-electron chi connectivity index (χ3n) is 5.13. The summed E-state index contributed by atoms with van der Waals surface area (Å²) in [5.74, 6) is 0. The maximum absolute atomic E-state index is 13.0. The number of alkyl halides is 1. The first kappa shape index (κ1) is 33.3. The molecule has 36 heavy (non-hydrogen) atoms. The van der Waals surface area contributed by atoms with Crippen LogP contribution in [0, 0.1) is 0 Å². The molecule has 1 aliphatic heterocycles. The Kier molecular flexibility index (Phi) is 19.9. The SMILES string of the molecule is C=C.C=N/N=C(/CCC(=C)N1CCC(F)C1)SC.CNC.NCc1ccc(Cc2ccccc2)cc1. The van der Waals surface area contributed by atoms with Crippen molar-refractivity contribution >= 4 is 23.5 Å². The highest BCUT2D eigenvalue weighted by atomic mass is 32.2. The van der Waals surface area contributed by atoms with Gasteiger partial charge in [-0.2, -0.15) is 5.10 Å². The molecule has 7 heteroatoms. The van der Waals surface area contributed by atoms with Crippen LogP contribution < -0.4 is 11.1 Å². The van der Waals surface area contributed by atoms with E-state index in [0.29, 0.717) is 19.5 Å². The Hall–Kier alpha value is -2.74. The number of allylic oxidation sites excluding steroid dienone is 1. The van der Waals surface area contributed by atoms with Gasteiger partial charge in [0.1, 0.15) is 6.17 Å². The van der Waals surface area contributed by atoms with E-state index < -0.39 is 6.17 Å². The maximum atomic E-state index is 13.0. The molecule has 5 nitrogen and oxygen atoms in total. The lowest BCUT2D eigenvalue weighted by Crippen LogP contribution is -2.20. The zero-order valence-corrected chi connectivity index (χ0v) is 23.1. The Balaban J connectivity index is 0.000000578. The fraction of sp³-hybridized carbons (Fsp3) is 0.379. The van der Waals surface area contributed by atoms with Gasteiger partial charge in [0, 0.05) is 38.5 Å². The van der Waals surface area contributed by atoms with Crippen molar-refractivity contribution < 1.29 is 4.39 Å². The number of hydrogen-bond acceptors (Lipinski definition) is 6. The van der Waals surface area contributed by atoms with Gasteiger partial charge in [-0.1, -0.05) is 61.2 Å². The van der Waals surface area contributed by atoms with Crippen molar-refractivity contribution in [3.8, 4) is 0 Å². The van der Waals surface area contributed by atoms with Crippen LogP contribution in [0.25, 0.3) is 0 Å². The van der Waals surface area contributed by atoms with E-state index in [2.05, 4.69) is 90.5 Å². The summed E-state index contributed by atoms with van der Waals surface area (Å²) in [6.45, 7) is 15.2. The molecule has 1 aliphatic rings. The Bertz CT molecular complexity index is 871. The van der Waals surface area contributed by atoms with Gasteiger partial charge >= 0.3 is 0 Å². The zero-order chi connectivity index (χ0) is 27.2. The van der Waals surface area contributed by atoms with Crippen molar-refractivity contribution in [3.63, 3.8) is 0 Å². The number of likely N-dealkylation sites (tertiary alicyclic amines) is 1. The summed E-state index contributed by atoms with van der Waals surface area (Å²) in [5, 5.41) is 11.1. The van der Waals surface area contributed by atoms with Gasteiger partial charge in [0.2, 0.25) is 0 Å². The second-order valence-electron chi connectivity index (χ2n) is 7.92. The average Bonchev–Trinajstić information content (AvgIpc) is 3.36. The monoisotopic (exact) mass is 513 g/mol. The summed E-state index contributed by atoms with van der Waals surface area (Å²) in [6.07, 6.45) is 4.48. The van der Waals surface area contributed by atoms with E-state index in [1.165, 1.54) is 16.7 Å². The normalized spacial score (nSPS) is 14.3. The van der Waals surface area contributed by atoms with Gasteiger partial charge < -0.3 is 16.0 Å². The van der Waals surface area contributed by atoms with Crippen molar-refractivity contribution in [2.75, 3.05) is 33.4 Å². The Labute approximate surface area is 222 Å². The lowest BCUT2D eigenvalue weighted by Gasteiger charge is -2.20. The summed E-state index contributed by atoms with van der Waals surface area (Å²) >= 11 is 1.56. The Morgan fingerprint density at radius 3 is 2.08 bits per heavy atom. The van der Waals surface area contributed by atoms with E-state index in [0.717, 1.165) is 36.5 Å². The molecule has 2 aromatic rings. The average molecular weight is 514 g/mol. The number of thioether (sulfide) groups is 1. The molecular weight excluding hydrogens is 469 g/mol. The number of nitrogens with one attached hydrogen (secondary N) is 1. The molecule has 1 saturated heterocycles. The zero-order valence-electron chi connectivity index (χ0n) is 22.3. The van der Waals surface area contributed by atoms with Crippen LogP contribution in [0.1, 0.15) is 36.0 Å². The minimum Gasteiger partial charge on any atom is -0.372 e. The van der Waals surface area contributed by atoms with E-state index in [1.807, 2.05) is 31.3 Å². The van der Waals surface area contributed by atoms with Crippen molar-refractivity contribution in [1.29, 1.82) is 0 Å². The van der Waals surface area contributed by atoms with Gasteiger partial charge in [-0.05, 0) is 56.3 Å². The second-order valence-corrected chi connectivity index (χ2v) is 8.80. The van der Waals surface area contributed by atoms with E-state index in [1.54, 1.807) is 11.8 Å². The van der Waals surface area contributed by atoms with Crippen LogP contribution in [0.4, 0.5) is 4.39 Å². The number of benzene rings is 2. The van der Waals surface area contributed by atoms with Crippen molar-refractivity contribution in [3.05, 3.63) is 96.7 Å². The van der Waals surface area contributed by atoms with Crippen LogP contribution in [0.5, 0.6) is 0 Å². The van der Waals surface area contributed by atoms with Crippen LogP contribution in [0.3, 0.4) is 0 Å². The molecule has 0 spiro atoms. The van der Waals surface area contributed by atoms with Gasteiger partial charge in [0.05, 0.1) is 5.04 Å². The minimum absolute atomic E-state index is 0.490. The van der Waals surface area contributed by atoms with Crippen LogP contribution in [0.15, 0.2) is 90.2 Å². The smallest absolute Gasteiger partial charge is 0.119 e. The number of hydrogen-bond donors (Lipinski definition) is 2. The highest BCUT2D eigenvalue weighted by Crippen LogP contribution is 2.20. The van der Waals surface area contributed by atoms with Gasteiger partial charge in [-0.3, -0.25) is 0 Å². The molecule has 0 saturated carbocycles. The molecule has 0 aliphatic carbocycles. The first-order chi connectivity index (χ1) is 17.5. The summed E-state index contributed by atoms with van der Waals surface area (Å²) in [6, 6.07) is 19.0. The molecule has 1 heterocycles. The molecule has 0 aromatic heterocycles. The Morgan fingerprint density at radius 2 is 1.61 bits per heavy atom. The fourth-order valence-electron chi connectivity index (χ4n) is 3.31. The quantitative estimate of drug-likeness (QED) is 0.194. The van der Waals surface area contributed by atoms with Crippen LogP contribution >= 0.6 is 11.8 Å². The molecule has 1 unspecified atom stereocenters. The number of nitrogens with two attached hydrogens (primary N) is 1. The van der Waals surface area contributed by atoms with E-state index in [9.17, 15) is 4.39 Å². The fourth-order valence-corrected chi connectivity index (χ4v) is 3.76. The first-order valence-corrected chi connectivity index (χ1v) is 13.2. The first-order valence-electron chi connectivity index (χ1n) is 12.0. The lowest BCUT2D eigenvalue weighted by molar-refractivity contribution is 0.321. The molecule has 0 bridgehead atoms. The number of halogens is 1. The summed E-state index contributed by atoms with van der Waals surface area (Å²) in [7, 11) is 3.75. The summed E-state index contributed by atoms with van der Waals surface area (Å²) < 4.78 is 13.0. The third kappa shape index (κ3) is 14.6. The predicted octanol–water partition coefficient (Wildman–Crippen LogP) is 6.08. The lowest BCUT2D eigenvalue weighted by atomic mass is 10.0. The highest BCUT2D eigenvalue weighted by Gasteiger charge is 2.22. The summed E-state index contributed by atoms with van der Waals surface area (Å²) in [5.41, 5.74) is 10.4. The number of rotatable bonds is 8. The number of nitrogens with zero attached hydrogens (tertiary/aromatic N) is 3. The van der Waals surface area contributed by atoms with Gasteiger partial charge in [0.15, 0.2) is 0 Å². The van der Waals surface area contributed by atoms with Crippen LogP contribution in [0.2, 0.25) is 0 Å². The third-order valence-corrected chi connectivity index (χ3v) is 5.89. The largest absolute Gasteiger partial charge is 0.372 e. The molecule has 0 amide bonds. The minimum atomic E-state index is -0.694. The molecular formula is C29H44FN5S. The topological polar surface area (TPSA) is 66.0 Å². The van der Waals surface area contributed by atoms with Crippen molar-refractivity contribution in [1.82, 2.24) is 10.2 Å². The van der Waals surface area contributed by atoms with Crippen LogP contribution in [-0.2, 0) is 13.0 Å². The van der Waals surface area contributed by atoms with E-state index in [4.69, 9.17) is 5.73 Å². The van der Waals surface area contributed by atoms with Crippen LogP contribution in [-0.4, -0.2) is 56.3 Å². The van der Waals surface area contributed by atoms with Gasteiger partial charge in [0.25, 0.3) is 0 Å².